The Kier molecular flexibility index (Phi) is 4.39. The molecule has 2 heterocycles. The van der Waals surface area contributed by atoms with Crippen molar-refractivity contribution < 1.29 is 4.79 Å². The van der Waals surface area contributed by atoms with Crippen molar-refractivity contribution in [2.24, 2.45) is 7.05 Å². The van der Waals surface area contributed by atoms with Crippen LogP contribution in [-0.2, 0) is 19.9 Å². The van der Waals surface area contributed by atoms with E-state index in [0.29, 0.717) is 30.8 Å². The third kappa shape index (κ3) is 2.98. The summed E-state index contributed by atoms with van der Waals surface area (Å²) >= 11 is 1.61. The second-order valence-electron chi connectivity index (χ2n) is 4.55. The third-order valence-corrected chi connectivity index (χ3v) is 3.87. The van der Waals surface area contributed by atoms with Gasteiger partial charge in [-0.25, -0.2) is 4.98 Å². The first-order valence-corrected chi connectivity index (χ1v) is 7.41. The topological polar surface area (TPSA) is 85.8 Å². The fraction of sp³-hybridized carbons (Fsp3) is 0.462. The molecule has 0 saturated carbocycles. The van der Waals surface area contributed by atoms with Gasteiger partial charge in [0, 0.05) is 25.4 Å². The zero-order valence-corrected chi connectivity index (χ0v) is 12.8. The lowest BCUT2D eigenvalue weighted by atomic mass is 10.2. The number of nitrogens with two attached hydrogens (primary N) is 1. The van der Waals surface area contributed by atoms with Gasteiger partial charge in [0.15, 0.2) is 0 Å². The highest BCUT2D eigenvalue weighted by atomic mass is 32.1. The highest BCUT2D eigenvalue weighted by Gasteiger charge is 2.18. The number of rotatable bonds is 5. The number of amides is 1. The fourth-order valence-electron chi connectivity index (χ4n) is 2.04. The normalized spacial score (nSPS) is 10.8. The Bertz CT molecular complexity index is 616. The SMILES string of the molecule is CCc1nn(C)c(C(=O)NCCc2csc(C)n2)c1N. The summed E-state index contributed by atoms with van der Waals surface area (Å²) in [4.78, 5) is 16.5. The van der Waals surface area contributed by atoms with Crippen molar-refractivity contribution in [2.75, 3.05) is 12.3 Å². The summed E-state index contributed by atoms with van der Waals surface area (Å²) in [5.74, 6) is -0.191. The molecule has 2 rings (SSSR count). The van der Waals surface area contributed by atoms with Crippen LogP contribution in [-0.4, -0.2) is 27.2 Å². The molecule has 0 bridgehead atoms. The van der Waals surface area contributed by atoms with Crippen molar-refractivity contribution in [3.8, 4) is 0 Å². The van der Waals surface area contributed by atoms with Crippen LogP contribution in [0, 0.1) is 6.92 Å². The van der Waals surface area contributed by atoms with Gasteiger partial charge in [-0.2, -0.15) is 5.10 Å². The zero-order chi connectivity index (χ0) is 14.7. The fourth-order valence-corrected chi connectivity index (χ4v) is 2.68. The van der Waals surface area contributed by atoms with Crippen molar-refractivity contribution in [3.63, 3.8) is 0 Å². The number of nitrogens with zero attached hydrogens (tertiary/aromatic N) is 3. The van der Waals surface area contributed by atoms with Crippen LogP contribution in [0.25, 0.3) is 0 Å². The van der Waals surface area contributed by atoms with E-state index in [1.165, 1.54) is 4.68 Å². The Hall–Kier alpha value is -1.89. The summed E-state index contributed by atoms with van der Waals surface area (Å²) in [7, 11) is 1.73. The molecule has 0 atom stereocenters. The first kappa shape index (κ1) is 14.5. The number of nitrogens with one attached hydrogen (secondary N) is 1. The van der Waals surface area contributed by atoms with Gasteiger partial charge in [0.1, 0.15) is 5.69 Å². The molecule has 3 N–H and O–H groups in total. The van der Waals surface area contributed by atoms with Gasteiger partial charge >= 0.3 is 0 Å². The molecular weight excluding hydrogens is 274 g/mol. The first-order chi connectivity index (χ1) is 9.52. The maximum Gasteiger partial charge on any atom is 0.271 e. The van der Waals surface area contributed by atoms with E-state index < -0.39 is 0 Å². The largest absolute Gasteiger partial charge is 0.395 e. The van der Waals surface area contributed by atoms with Gasteiger partial charge in [-0.05, 0) is 13.3 Å². The van der Waals surface area contributed by atoms with E-state index in [2.05, 4.69) is 15.4 Å². The number of carbonyl (C=O) groups excluding carboxylic acids is 1. The average Bonchev–Trinajstić information content (AvgIpc) is 2.93. The summed E-state index contributed by atoms with van der Waals surface area (Å²) in [6.45, 7) is 4.47. The molecule has 0 radical (unpaired) electrons. The van der Waals surface area contributed by atoms with Crippen LogP contribution in [0.2, 0.25) is 0 Å². The lowest BCUT2D eigenvalue weighted by Gasteiger charge is -2.05. The molecular formula is C13H19N5OS. The number of hydrogen-bond acceptors (Lipinski definition) is 5. The maximum atomic E-state index is 12.1. The number of anilines is 1. The van der Waals surface area contributed by atoms with E-state index in [-0.39, 0.29) is 5.91 Å². The molecule has 0 aliphatic heterocycles. The number of aromatic nitrogens is 3. The quantitative estimate of drug-likeness (QED) is 0.870. The summed E-state index contributed by atoms with van der Waals surface area (Å²) in [5.41, 5.74) is 8.60. The summed E-state index contributed by atoms with van der Waals surface area (Å²) in [5, 5.41) is 10.1. The van der Waals surface area contributed by atoms with E-state index in [4.69, 9.17) is 5.73 Å². The van der Waals surface area contributed by atoms with Gasteiger partial charge in [0.2, 0.25) is 0 Å². The van der Waals surface area contributed by atoms with Crippen LogP contribution in [0.3, 0.4) is 0 Å². The predicted octanol–water partition coefficient (Wildman–Crippen LogP) is 1.30. The molecule has 0 unspecified atom stereocenters. The van der Waals surface area contributed by atoms with E-state index >= 15 is 0 Å². The van der Waals surface area contributed by atoms with Crippen LogP contribution in [0.1, 0.15) is 33.8 Å². The molecule has 1 amide bonds. The second kappa shape index (κ2) is 6.04. The smallest absolute Gasteiger partial charge is 0.271 e. The minimum Gasteiger partial charge on any atom is -0.395 e. The molecule has 2 aromatic heterocycles. The van der Waals surface area contributed by atoms with Gasteiger partial charge in [0.25, 0.3) is 5.91 Å². The van der Waals surface area contributed by atoms with Crippen LogP contribution in [0.15, 0.2) is 5.38 Å². The lowest BCUT2D eigenvalue weighted by molar-refractivity contribution is 0.0945. The Morgan fingerprint density at radius 1 is 1.55 bits per heavy atom. The van der Waals surface area contributed by atoms with Gasteiger partial charge < -0.3 is 11.1 Å². The van der Waals surface area contributed by atoms with Crippen LogP contribution >= 0.6 is 11.3 Å². The average molecular weight is 293 g/mol. The Labute approximate surface area is 122 Å². The van der Waals surface area contributed by atoms with Crippen LogP contribution < -0.4 is 11.1 Å². The molecule has 2 aromatic rings. The van der Waals surface area contributed by atoms with Crippen molar-refractivity contribution in [3.05, 3.63) is 27.5 Å². The molecule has 0 spiro atoms. The van der Waals surface area contributed by atoms with Crippen molar-refractivity contribution >= 4 is 22.9 Å². The van der Waals surface area contributed by atoms with Crippen molar-refractivity contribution in [1.82, 2.24) is 20.1 Å². The van der Waals surface area contributed by atoms with Gasteiger partial charge in [0.05, 0.1) is 22.1 Å². The number of carbonyl (C=O) groups is 1. The number of thiazole rings is 1. The van der Waals surface area contributed by atoms with E-state index in [1.807, 2.05) is 19.2 Å². The lowest BCUT2D eigenvalue weighted by Crippen LogP contribution is -2.28. The minimum atomic E-state index is -0.191. The highest BCUT2D eigenvalue weighted by molar-refractivity contribution is 7.09. The highest BCUT2D eigenvalue weighted by Crippen LogP contribution is 2.16. The standard InChI is InChI=1S/C13H19N5OS/c1-4-10-11(14)12(18(3)17-10)13(19)15-6-5-9-7-20-8(2)16-9/h7H,4-6,14H2,1-3H3,(H,15,19). The Balaban J connectivity index is 1.97. The molecule has 108 valence electrons. The van der Waals surface area contributed by atoms with Gasteiger partial charge in [-0.1, -0.05) is 6.92 Å². The number of nitrogen functional groups attached to an aromatic ring is 1. The van der Waals surface area contributed by atoms with E-state index in [1.54, 1.807) is 18.4 Å². The number of hydrogen-bond donors (Lipinski definition) is 2. The molecule has 20 heavy (non-hydrogen) atoms. The predicted molar refractivity (Wildman–Crippen MR) is 79.9 cm³/mol. The Morgan fingerprint density at radius 3 is 2.85 bits per heavy atom. The monoisotopic (exact) mass is 293 g/mol. The summed E-state index contributed by atoms with van der Waals surface area (Å²) < 4.78 is 1.54. The van der Waals surface area contributed by atoms with Crippen LogP contribution in [0.4, 0.5) is 5.69 Å². The zero-order valence-electron chi connectivity index (χ0n) is 11.9. The second-order valence-corrected chi connectivity index (χ2v) is 5.61. The molecule has 0 saturated heterocycles. The number of aryl methyl sites for hydroxylation is 3. The molecule has 0 aliphatic carbocycles. The molecule has 6 nitrogen and oxygen atoms in total. The maximum absolute atomic E-state index is 12.1. The van der Waals surface area contributed by atoms with Gasteiger partial charge in [-0.15, -0.1) is 11.3 Å². The van der Waals surface area contributed by atoms with Crippen molar-refractivity contribution in [1.29, 1.82) is 0 Å². The summed E-state index contributed by atoms with van der Waals surface area (Å²) in [6, 6.07) is 0. The molecule has 0 aromatic carbocycles. The molecule has 0 fully saturated rings. The van der Waals surface area contributed by atoms with Crippen molar-refractivity contribution in [2.45, 2.75) is 26.7 Å². The third-order valence-electron chi connectivity index (χ3n) is 3.04. The minimum absolute atomic E-state index is 0.191. The van der Waals surface area contributed by atoms with E-state index in [0.717, 1.165) is 16.4 Å². The molecule has 7 heteroatoms. The van der Waals surface area contributed by atoms with E-state index in [9.17, 15) is 4.79 Å². The molecule has 0 aliphatic rings. The van der Waals surface area contributed by atoms with Crippen LogP contribution in [0.5, 0.6) is 0 Å². The van der Waals surface area contributed by atoms with Gasteiger partial charge in [-0.3, -0.25) is 9.48 Å². The summed E-state index contributed by atoms with van der Waals surface area (Å²) in [6.07, 6.45) is 1.43. The Morgan fingerprint density at radius 2 is 2.30 bits per heavy atom. The first-order valence-electron chi connectivity index (χ1n) is 6.53.